The molecule has 12 heavy (non-hydrogen) atoms. The van der Waals surface area contributed by atoms with Crippen LogP contribution in [0.3, 0.4) is 0 Å². The third-order valence-electron chi connectivity index (χ3n) is 1.16. The summed E-state index contributed by atoms with van der Waals surface area (Å²) in [5.41, 5.74) is 5.85. The fraction of sp³-hybridized carbons (Fsp3) is 0.500. The summed E-state index contributed by atoms with van der Waals surface area (Å²) in [6.45, 7) is 6.13. The van der Waals surface area contributed by atoms with Crippen molar-refractivity contribution in [2.24, 2.45) is 5.73 Å². The molecule has 70 valence electrons. The first-order valence-electron chi connectivity index (χ1n) is 4.40. The minimum absolute atomic E-state index is 1.10. The second-order valence-corrected chi connectivity index (χ2v) is 1.71. The Bertz CT molecular complexity index is 149. The van der Waals surface area contributed by atoms with Gasteiger partial charge in [-0.15, -0.1) is 0 Å². The van der Waals surface area contributed by atoms with E-state index in [1.165, 1.54) is 12.6 Å². The van der Waals surface area contributed by atoms with Crippen LogP contribution in [0.15, 0.2) is 24.5 Å². The van der Waals surface area contributed by atoms with Gasteiger partial charge in [0.25, 0.3) is 0 Å². The van der Waals surface area contributed by atoms with Crippen molar-refractivity contribution in [3.63, 3.8) is 0 Å². The van der Waals surface area contributed by atoms with Gasteiger partial charge in [0, 0.05) is 12.4 Å². The molecule has 2 heteroatoms. The van der Waals surface area contributed by atoms with Crippen LogP contribution < -0.4 is 5.73 Å². The molecule has 0 amide bonds. The van der Waals surface area contributed by atoms with Crippen molar-refractivity contribution in [3.8, 4) is 0 Å². The van der Waals surface area contributed by atoms with Gasteiger partial charge in [-0.3, -0.25) is 4.98 Å². The van der Waals surface area contributed by atoms with Crippen molar-refractivity contribution in [2.45, 2.75) is 27.2 Å². The van der Waals surface area contributed by atoms with Crippen molar-refractivity contribution in [1.29, 1.82) is 0 Å². The lowest BCUT2D eigenvalue weighted by molar-refractivity contribution is 1.12. The van der Waals surface area contributed by atoms with E-state index in [9.17, 15) is 0 Å². The van der Waals surface area contributed by atoms with Gasteiger partial charge in [-0.1, -0.05) is 20.8 Å². The molecule has 0 saturated carbocycles. The molecule has 0 aliphatic carbocycles. The zero-order valence-corrected chi connectivity index (χ0v) is 8.54. The van der Waals surface area contributed by atoms with Crippen LogP contribution >= 0.6 is 0 Å². The molecule has 0 fully saturated rings. The Morgan fingerprint density at radius 3 is 1.83 bits per heavy atom. The van der Waals surface area contributed by atoms with E-state index in [-0.39, 0.29) is 0 Å². The molecule has 1 aromatic heterocycles. The number of rotatable bonds is 1. The normalized spacial score (nSPS) is 7.08. The van der Waals surface area contributed by atoms with E-state index in [1.54, 1.807) is 0 Å². The summed E-state index contributed by atoms with van der Waals surface area (Å²) in [5.74, 6) is 0. The van der Waals surface area contributed by atoms with E-state index < -0.39 is 0 Å². The molecule has 0 unspecified atom stereocenters. The monoisotopic (exact) mass is 168 g/mol. The van der Waals surface area contributed by atoms with E-state index in [0.717, 1.165) is 6.42 Å². The van der Waals surface area contributed by atoms with E-state index in [2.05, 4.69) is 17.6 Å². The summed E-state index contributed by atoms with van der Waals surface area (Å²) in [6, 6.07) is 4.06. The van der Waals surface area contributed by atoms with Gasteiger partial charge in [-0.2, -0.15) is 0 Å². The Hall–Kier alpha value is -0.890. The predicted molar refractivity (Wildman–Crippen MR) is 55.1 cm³/mol. The Morgan fingerprint density at radius 2 is 1.58 bits per heavy atom. The maximum Gasteiger partial charge on any atom is 0.0270 e. The van der Waals surface area contributed by atoms with Crippen LogP contribution in [0, 0.1) is 0 Å². The highest BCUT2D eigenvalue weighted by Crippen LogP contribution is 1.94. The van der Waals surface area contributed by atoms with Crippen molar-refractivity contribution in [1.82, 2.24) is 4.98 Å². The van der Waals surface area contributed by atoms with Crippen molar-refractivity contribution < 1.29 is 0 Å². The third kappa shape index (κ3) is 7.22. The largest absolute Gasteiger partial charge is 0.333 e. The Balaban J connectivity index is 0. The minimum atomic E-state index is 1.10. The number of hydrogen-bond donors (Lipinski definition) is 1. The number of aryl methyl sites for hydroxylation is 1. The standard InChI is InChI=1S/C7H9N.C2H6.CH5N/c1-2-7-3-5-8-6-4-7;2*1-2/h3-6H,2H2,1H3;1-2H3;2H2,1H3. The van der Waals surface area contributed by atoms with Gasteiger partial charge in [0.05, 0.1) is 0 Å². The first-order chi connectivity index (χ1) is 5.93. The second kappa shape index (κ2) is 12.8. The van der Waals surface area contributed by atoms with E-state index in [4.69, 9.17) is 0 Å². The highest BCUT2D eigenvalue weighted by molar-refractivity contribution is 5.08. The lowest BCUT2D eigenvalue weighted by Crippen LogP contribution is -1.76. The van der Waals surface area contributed by atoms with Crippen LogP contribution in [0.1, 0.15) is 26.3 Å². The quantitative estimate of drug-likeness (QED) is 0.698. The highest BCUT2D eigenvalue weighted by Gasteiger charge is 1.80. The molecular formula is C10H20N2. The molecule has 0 spiro atoms. The molecule has 1 aromatic rings. The molecule has 0 atom stereocenters. The maximum absolute atomic E-state index is 4.50. The molecule has 2 N–H and O–H groups in total. The van der Waals surface area contributed by atoms with Crippen molar-refractivity contribution in [3.05, 3.63) is 30.1 Å². The topological polar surface area (TPSA) is 38.9 Å². The Labute approximate surface area is 75.8 Å². The molecule has 1 heterocycles. The highest BCUT2D eigenvalue weighted by atomic mass is 14.6. The lowest BCUT2D eigenvalue weighted by Gasteiger charge is -1.89. The predicted octanol–water partition coefficient (Wildman–Crippen LogP) is 2.25. The van der Waals surface area contributed by atoms with E-state index in [0.29, 0.717) is 0 Å². The fourth-order valence-corrected chi connectivity index (χ4v) is 0.618. The van der Waals surface area contributed by atoms with Crippen LogP contribution in [0.4, 0.5) is 0 Å². The van der Waals surface area contributed by atoms with E-state index >= 15 is 0 Å². The summed E-state index contributed by atoms with van der Waals surface area (Å²) < 4.78 is 0. The van der Waals surface area contributed by atoms with Crippen LogP contribution in [0.25, 0.3) is 0 Å². The van der Waals surface area contributed by atoms with Crippen LogP contribution in [0.5, 0.6) is 0 Å². The van der Waals surface area contributed by atoms with Crippen LogP contribution in [0.2, 0.25) is 0 Å². The van der Waals surface area contributed by atoms with Gasteiger partial charge in [-0.25, -0.2) is 0 Å². The second-order valence-electron chi connectivity index (χ2n) is 1.71. The summed E-state index contributed by atoms with van der Waals surface area (Å²) in [5, 5.41) is 0. The molecule has 0 saturated heterocycles. The zero-order valence-electron chi connectivity index (χ0n) is 8.54. The van der Waals surface area contributed by atoms with E-state index in [1.807, 2.05) is 38.4 Å². The summed E-state index contributed by atoms with van der Waals surface area (Å²) >= 11 is 0. The maximum atomic E-state index is 4.50. The molecule has 2 nitrogen and oxygen atoms in total. The molecule has 0 aliphatic heterocycles. The molecule has 1 rings (SSSR count). The first-order valence-corrected chi connectivity index (χ1v) is 4.40. The van der Waals surface area contributed by atoms with Gasteiger partial charge in [0.1, 0.15) is 0 Å². The third-order valence-corrected chi connectivity index (χ3v) is 1.16. The summed E-state index contributed by atoms with van der Waals surface area (Å²) in [6.07, 6.45) is 4.74. The van der Waals surface area contributed by atoms with Gasteiger partial charge < -0.3 is 5.73 Å². The first kappa shape index (κ1) is 13.7. The average Bonchev–Trinajstić information content (AvgIpc) is 2.25. The zero-order chi connectivity index (χ0) is 9.82. The van der Waals surface area contributed by atoms with Crippen molar-refractivity contribution in [2.75, 3.05) is 7.05 Å². The molecular weight excluding hydrogens is 148 g/mol. The Morgan fingerprint density at radius 1 is 1.17 bits per heavy atom. The van der Waals surface area contributed by atoms with Gasteiger partial charge in [0.15, 0.2) is 0 Å². The molecule has 0 bridgehead atoms. The smallest absolute Gasteiger partial charge is 0.0270 e. The van der Waals surface area contributed by atoms with Crippen LogP contribution in [-0.4, -0.2) is 12.0 Å². The van der Waals surface area contributed by atoms with Gasteiger partial charge in [0.2, 0.25) is 0 Å². The molecule has 0 radical (unpaired) electrons. The average molecular weight is 168 g/mol. The van der Waals surface area contributed by atoms with Crippen molar-refractivity contribution >= 4 is 0 Å². The number of aromatic nitrogens is 1. The number of nitrogens with zero attached hydrogens (tertiary/aromatic N) is 1. The SMILES string of the molecule is CC.CCc1ccncc1.CN. The molecule has 0 aromatic carbocycles. The van der Waals surface area contributed by atoms with Gasteiger partial charge in [-0.05, 0) is 31.2 Å². The fourth-order valence-electron chi connectivity index (χ4n) is 0.618. The summed E-state index contributed by atoms with van der Waals surface area (Å²) in [4.78, 5) is 3.89. The number of hydrogen-bond acceptors (Lipinski definition) is 2. The molecule has 0 aliphatic rings. The minimum Gasteiger partial charge on any atom is -0.333 e. The Kier molecular flexibility index (Phi) is 14.5. The summed E-state index contributed by atoms with van der Waals surface area (Å²) in [7, 11) is 1.50. The van der Waals surface area contributed by atoms with Gasteiger partial charge >= 0.3 is 0 Å². The van der Waals surface area contributed by atoms with Crippen LogP contribution in [-0.2, 0) is 6.42 Å². The number of pyridine rings is 1. The number of nitrogens with two attached hydrogens (primary N) is 1. The lowest BCUT2D eigenvalue weighted by atomic mass is 10.2.